The summed E-state index contributed by atoms with van der Waals surface area (Å²) in [5.41, 5.74) is -0.851. The highest BCUT2D eigenvalue weighted by molar-refractivity contribution is 5.97. The van der Waals surface area contributed by atoms with E-state index < -0.39 is 87.9 Å². The van der Waals surface area contributed by atoms with Crippen LogP contribution in [0.1, 0.15) is 30.9 Å². The first-order valence-corrected chi connectivity index (χ1v) is 15.7. The number of nitrogens with two attached hydrogens (primary N) is 1. The van der Waals surface area contributed by atoms with Crippen molar-refractivity contribution in [2.24, 2.45) is 5.41 Å². The summed E-state index contributed by atoms with van der Waals surface area (Å²) in [5, 5.41) is 3.24. The van der Waals surface area contributed by atoms with Gasteiger partial charge < -0.3 is 30.2 Å². The van der Waals surface area contributed by atoms with Crippen LogP contribution in [0.5, 0.6) is 11.9 Å². The summed E-state index contributed by atoms with van der Waals surface area (Å²) in [6.45, 7) is 4.57. The second kappa shape index (κ2) is 10.6. The molecule has 17 heteroatoms. The Balaban J connectivity index is 1.26. The van der Waals surface area contributed by atoms with E-state index in [1.807, 2.05) is 9.80 Å². The number of nitrogen functional groups attached to an aromatic ring is 1. The van der Waals surface area contributed by atoms with E-state index in [2.05, 4.69) is 20.3 Å². The van der Waals surface area contributed by atoms with Crippen molar-refractivity contribution in [1.29, 1.82) is 0 Å². The van der Waals surface area contributed by atoms with Crippen molar-refractivity contribution in [2.45, 2.75) is 63.1 Å². The van der Waals surface area contributed by atoms with E-state index in [0.717, 1.165) is 13.3 Å². The van der Waals surface area contributed by atoms with Gasteiger partial charge in [0.25, 0.3) is 5.92 Å². The minimum absolute atomic E-state index is 0.0101. The monoisotopic (exact) mass is 683 g/mol. The molecule has 10 nitrogen and oxygen atoms in total. The number of morpholine rings is 1. The van der Waals surface area contributed by atoms with E-state index in [1.54, 1.807) is 6.92 Å². The quantitative estimate of drug-likeness (QED) is 0.288. The average Bonchev–Trinajstić information content (AvgIpc) is 3.31. The Labute approximate surface area is 269 Å². The van der Waals surface area contributed by atoms with Crippen molar-refractivity contribution in [3.63, 3.8) is 0 Å². The Kier molecular flexibility index (Phi) is 7.00. The maximum absolute atomic E-state index is 16.7. The van der Waals surface area contributed by atoms with Crippen LogP contribution in [0.2, 0.25) is 0 Å². The van der Waals surface area contributed by atoms with Crippen molar-refractivity contribution in [1.82, 2.24) is 25.2 Å². The molecule has 1 aromatic carbocycles. The minimum Gasteiger partial charge on any atom is -0.472 e. The summed E-state index contributed by atoms with van der Waals surface area (Å²) in [7, 11) is 0. The van der Waals surface area contributed by atoms with Crippen molar-refractivity contribution in [2.75, 3.05) is 56.6 Å². The van der Waals surface area contributed by atoms with Gasteiger partial charge in [-0.15, -0.1) is 0 Å². The molecule has 4 aliphatic heterocycles. The molecular formula is C31H32F7N7O3. The van der Waals surface area contributed by atoms with Gasteiger partial charge in [-0.1, -0.05) is 0 Å². The molecule has 2 bridgehead atoms. The van der Waals surface area contributed by atoms with Gasteiger partial charge >= 0.3 is 12.2 Å². The largest absolute Gasteiger partial charge is 0.472 e. The van der Waals surface area contributed by atoms with Crippen LogP contribution in [0.4, 0.5) is 42.2 Å². The lowest BCUT2D eigenvalue weighted by atomic mass is 9.96. The Morgan fingerprint density at radius 3 is 2.60 bits per heavy atom. The van der Waals surface area contributed by atoms with Gasteiger partial charge in [0.05, 0.1) is 35.4 Å². The second-order valence-corrected chi connectivity index (χ2v) is 13.5. The van der Waals surface area contributed by atoms with Crippen molar-refractivity contribution < 1.29 is 44.9 Å². The number of ether oxygens (including phenoxy) is 3. The highest BCUT2D eigenvalue weighted by Crippen LogP contribution is 2.61. The van der Waals surface area contributed by atoms with Crippen LogP contribution >= 0.6 is 0 Å². The zero-order chi connectivity index (χ0) is 33.9. The highest BCUT2D eigenvalue weighted by atomic mass is 19.4. The number of halogens is 7. The molecule has 5 atom stereocenters. The van der Waals surface area contributed by atoms with E-state index in [0.29, 0.717) is 38.9 Å². The number of fused-ring (bicyclic) bond motifs is 4. The molecule has 4 fully saturated rings. The Bertz CT molecular complexity index is 1830. The Hall–Kier alpha value is -3.70. The summed E-state index contributed by atoms with van der Waals surface area (Å²) >= 11 is 0. The third-order valence-electron chi connectivity index (χ3n) is 10.4. The first kappa shape index (κ1) is 31.6. The lowest BCUT2D eigenvalue weighted by Gasteiger charge is -2.38. The van der Waals surface area contributed by atoms with Gasteiger partial charge in [-0.2, -0.15) is 23.1 Å². The molecule has 48 heavy (non-hydrogen) atoms. The molecule has 0 spiro atoms. The Morgan fingerprint density at radius 1 is 1.17 bits per heavy atom. The topological polar surface area (TPSA) is 111 Å². The number of piperazine rings is 1. The second-order valence-electron chi connectivity index (χ2n) is 13.5. The van der Waals surface area contributed by atoms with E-state index in [9.17, 15) is 26.3 Å². The SMILES string of the molecule is Cc1c(F)c(N)cc(-c2nc3c4c(nc(OC[C@@]5(CN6C[C@H]7C[C@@H]6CO7)CC5(F)F)nc4c2F)N2CCNC[C@H]2[C@H](C)O3)c1C(F)(F)F. The van der Waals surface area contributed by atoms with Gasteiger partial charge in [0, 0.05) is 50.7 Å². The maximum Gasteiger partial charge on any atom is 0.417 e. The van der Waals surface area contributed by atoms with E-state index >= 15 is 4.39 Å². The average molecular weight is 684 g/mol. The molecule has 0 unspecified atom stereocenters. The van der Waals surface area contributed by atoms with Crippen LogP contribution in [-0.4, -0.2) is 96.0 Å². The number of rotatable bonds is 6. The van der Waals surface area contributed by atoms with Crippen molar-refractivity contribution in [3.05, 3.63) is 28.8 Å². The summed E-state index contributed by atoms with van der Waals surface area (Å²) in [6.07, 6.45) is -5.35. The number of hydrogen-bond donors (Lipinski definition) is 2. The zero-order valence-electron chi connectivity index (χ0n) is 25.9. The summed E-state index contributed by atoms with van der Waals surface area (Å²) in [5.74, 6) is -5.69. The van der Waals surface area contributed by atoms with Crippen LogP contribution in [-0.2, 0) is 10.9 Å². The molecule has 0 radical (unpaired) electrons. The molecule has 3 aromatic rings. The third kappa shape index (κ3) is 4.82. The van der Waals surface area contributed by atoms with Gasteiger partial charge in [0.1, 0.15) is 40.9 Å². The smallest absolute Gasteiger partial charge is 0.417 e. The fourth-order valence-corrected chi connectivity index (χ4v) is 7.69. The lowest BCUT2D eigenvalue weighted by Crippen LogP contribution is -2.56. The van der Waals surface area contributed by atoms with Gasteiger partial charge in [0.15, 0.2) is 5.82 Å². The predicted molar refractivity (Wildman–Crippen MR) is 158 cm³/mol. The summed E-state index contributed by atoms with van der Waals surface area (Å²) in [4.78, 5) is 16.8. The number of anilines is 2. The van der Waals surface area contributed by atoms with Crippen LogP contribution in [0.3, 0.4) is 0 Å². The van der Waals surface area contributed by atoms with Crippen molar-refractivity contribution in [3.8, 4) is 23.1 Å². The normalized spacial score (nSPS) is 29.1. The molecule has 3 saturated heterocycles. The van der Waals surface area contributed by atoms with Crippen LogP contribution < -0.4 is 25.4 Å². The third-order valence-corrected chi connectivity index (χ3v) is 10.4. The van der Waals surface area contributed by atoms with E-state index in [-0.39, 0.29) is 41.8 Å². The van der Waals surface area contributed by atoms with Gasteiger partial charge in [-0.25, -0.2) is 22.5 Å². The maximum atomic E-state index is 16.7. The van der Waals surface area contributed by atoms with E-state index in [4.69, 9.17) is 19.9 Å². The molecule has 2 aromatic heterocycles. The number of aromatic nitrogens is 3. The molecule has 5 aliphatic rings. The standard InChI is InChI=1S/C31H32F7N7O3/c1-13-21(31(36,37)38)17(6-18(39)22(13)32)24-23(33)25-20-26(45-4-3-40-7-19(45)14(2)48-27(20)41-24)43-28(42-25)47-12-29(10-30(29,34)35)11-44-8-16-5-15(44)9-46-16/h6,14-16,19,40H,3-5,7-12,39H2,1-2H3/t14-,15+,16+,19-,29-/m0/s1. The predicted octanol–water partition coefficient (Wildman–Crippen LogP) is 4.32. The molecule has 258 valence electrons. The van der Waals surface area contributed by atoms with Crippen LogP contribution in [0, 0.1) is 24.0 Å². The number of benzene rings is 1. The van der Waals surface area contributed by atoms with Gasteiger partial charge in [-0.05, 0) is 31.9 Å². The first-order chi connectivity index (χ1) is 22.7. The van der Waals surface area contributed by atoms with Crippen LogP contribution in [0.15, 0.2) is 6.07 Å². The molecular weight excluding hydrogens is 651 g/mol. The summed E-state index contributed by atoms with van der Waals surface area (Å²) < 4.78 is 122. The van der Waals surface area contributed by atoms with Gasteiger partial charge in [-0.3, -0.25) is 4.90 Å². The number of hydrogen-bond acceptors (Lipinski definition) is 10. The zero-order valence-corrected chi connectivity index (χ0v) is 25.9. The number of nitrogens with one attached hydrogen (secondary N) is 1. The molecule has 8 rings (SSSR count). The Morgan fingerprint density at radius 2 is 1.94 bits per heavy atom. The summed E-state index contributed by atoms with van der Waals surface area (Å²) in [6, 6.07) is -0.0711. The van der Waals surface area contributed by atoms with Crippen molar-refractivity contribution >= 4 is 22.4 Å². The molecule has 3 N–H and O–H groups in total. The van der Waals surface area contributed by atoms with Gasteiger partial charge in [0.2, 0.25) is 5.88 Å². The number of alkyl halides is 5. The number of pyridine rings is 1. The molecule has 6 heterocycles. The highest BCUT2D eigenvalue weighted by Gasteiger charge is 2.72. The first-order valence-electron chi connectivity index (χ1n) is 15.7. The molecule has 0 amide bonds. The lowest BCUT2D eigenvalue weighted by molar-refractivity contribution is -0.137. The molecule has 1 saturated carbocycles. The number of likely N-dealkylation sites (tertiary alicyclic amines) is 1. The fraction of sp³-hybridized carbons (Fsp3) is 0.581. The van der Waals surface area contributed by atoms with Crippen LogP contribution in [0.25, 0.3) is 22.2 Å². The molecule has 1 aliphatic carbocycles. The minimum atomic E-state index is -5.11. The number of nitrogens with zero attached hydrogens (tertiary/aromatic N) is 5. The fourth-order valence-electron chi connectivity index (χ4n) is 7.69. The van der Waals surface area contributed by atoms with E-state index in [1.165, 1.54) is 0 Å².